The molecule has 0 bridgehead atoms. The van der Waals surface area contributed by atoms with Gasteiger partial charge in [-0.15, -0.1) is 0 Å². The first-order chi connectivity index (χ1) is 19.6. The van der Waals surface area contributed by atoms with Crippen molar-refractivity contribution in [2.45, 2.75) is 11.7 Å². The van der Waals surface area contributed by atoms with E-state index >= 15 is 26.3 Å². The zero-order chi connectivity index (χ0) is 31.4. The van der Waals surface area contributed by atoms with E-state index in [2.05, 4.69) is 4.98 Å². The summed E-state index contributed by atoms with van der Waals surface area (Å²) >= 11 is -7.68. The third-order valence-corrected chi connectivity index (χ3v) is 16.6. The van der Waals surface area contributed by atoms with E-state index in [9.17, 15) is 39.5 Å². The van der Waals surface area contributed by atoms with Gasteiger partial charge in [-0.05, 0) is 0 Å². The molecule has 4 rings (SSSR count). The van der Waals surface area contributed by atoms with Crippen molar-refractivity contribution in [3.63, 3.8) is 0 Å². The Hall–Kier alpha value is -3.70. The molecule has 222 valence electrons. The molecule has 1 aromatic heterocycles. The standard InChI is InChI=1S/C25H8F15GeN/c26-8-11(29)17(35)23(18(36)12(8)30)41(5-4-7-3-1-2-6-42-7,24-19(37)13(31)9(27)14(32)20(24)38)25-21(39)15(33)10(28)16(34)22(25)40/h1-3,6H,4-5H2. The Morgan fingerprint density at radius 2 is 0.690 bits per heavy atom. The zero-order valence-corrected chi connectivity index (χ0v) is 21.9. The molecule has 0 radical (unpaired) electrons. The Morgan fingerprint density at radius 3 is 0.952 bits per heavy atom. The molecule has 0 spiro atoms. The summed E-state index contributed by atoms with van der Waals surface area (Å²) in [5.74, 6) is -44.7. The van der Waals surface area contributed by atoms with E-state index in [1.165, 1.54) is 12.1 Å². The van der Waals surface area contributed by atoms with Crippen LogP contribution in [0, 0.1) is 87.3 Å². The van der Waals surface area contributed by atoms with Crippen molar-refractivity contribution < 1.29 is 65.9 Å². The molecule has 0 saturated carbocycles. The fourth-order valence-corrected chi connectivity index (χ4v) is 15.1. The van der Waals surface area contributed by atoms with Gasteiger partial charge < -0.3 is 0 Å². The van der Waals surface area contributed by atoms with E-state index < -0.39 is 125 Å². The third kappa shape index (κ3) is 4.50. The molecule has 0 aliphatic carbocycles. The number of benzene rings is 3. The molecular formula is C25H8F15GeN. The molecule has 42 heavy (non-hydrogen) atoms. The van der Waals surface area contributed by atoms with E-state index in [1.807, 2.05) is 0 Å². The quantitative estimate of drug-likeness (QED) is 0.107. The Kier molecular flexibility index (Phi) is 8.32. The number of nitrogens with zero attached hydrogens (tertiary/aromatic N) is 1. The van der Waals surface area contributed by atoms with Gasteiger partial charge in [0.1, 0.15) is 0 Å². The number of aryl methyl sites for hydroxylation is 1. The molecule has 17 heteroatoms. The van der Waals surface area contributed by atoms with E-state index in [4.69, 9.17) is 0 Å². The fraction of sp³-hybridized carbons (Fsp3) is 0.0800. The molecule has 0 unspecified atom stereocenters. The number of hydrogen-bond donors (Lipinski definition) is 0. The first-order valence-electron chi connectivity index (χ1n) is 11.1. The second-order valence-electron chi connectivity index (χ2n) is 8.56. The van der Waals surface area contributed by atoms with Crippen LogP contribution in [-0.2, 0) is 6.42 Å². The molecule has 1 heterocycles. The summed E-state index contributed by atoms with van der Waals surface area (Å²) in [7, 11) is 0. The van der Waals surface area contributed by atoms with Gasteiger partial charge in [-0.3, -0.25) is 0 Å². The predicted molar refractivity (Wildman–Crippen MR) is 116 cm³/mol. The van der Waals surface area contributed by atoms with E-state index in [-0.39, 0.29) is 5.69 Å². The van der Waals surface area contributed by atoms with Crippen LogP contribution in [-0.4, -0.2) is 18.3 Å². The summed E-state index contributed by atoms with van der Waals surface area (Å²) in [5.41, 5.74) is -0.316. The van der Waals surface area contributed by atoms with Crippen molar-refractivity contribution >= 4 is 26.5 Å². The summed E-state index contributed by atoms with van der Waals surface area (Å²) in [6, 6.07) is 3.51. The van der Waals surface area contributed by atoms with E-state index in [1.54, 1.807) is 0 Å². The Bertz CT molecular complexity index is 1490. The summed E-state index contributed by atoms with van der Waals surface area (Å²) in [4.78, 5) is 3.69. The van der Waals surface area contributed by atoms with Gasteiger partial charge >= 0.3 is 226 Å². The Labute approximate surface area is 226 Å². The van der Waals surface area contributed by atoms with E-state index in [0.717, 1.165) is 12.3 Å². The van der Waals surface area contributed by atoms with Crippen LogP contribution in [0.1, 0.15) is 5.69 Å². The summed E-state index contributed by atoms with van der Waals surface area (Å²) in [6.45, 7) is 0. The van der Waals surface area contributed by atoms with E-state index in [0.29, 0.717) is 0 Å². The number of rotatable bonds is 6. The first kappa shape index (κ1) is 31.2. The molecule has 0 aliphatic heterocycles. The van der Waals surface area contributed by atoms with Gasteiger partial charge in [0.05, 0.1) is 0 Å². The molecule has 1 nitrogen and oxygen atoms in total. The molecule has 0 aliphatic rings. The van der Waals surface area contributed by atoms with Crippen molar-refractivity contribution in [2.75, 3.05) is 0 Å². The van der Waals surface area contributed by atoms with Gasteiger partial charge in [0.25, 0.3) is 0 Å². The minimum absolute atomic E-state index is 0.316. The number of pyridine rings is 1. The third-order valence-electron chi connectivity index (χ3n) is 6.39. The van der Waals surface area contributed by atoms with Crippen LogP contribution in [0.25, 0.3) is 0 Å². The summed E-state index contributed by atoms with van der Waals surface area (Å²) in [6.07, 6.45) is -0.0154. The number of aromatic nitrogens is 1. The monoisotopic (exact) mass is 681 g/mol. The van der Waals surface area contributed by atoms with Crippen molar-refractivity contribution in [3.05, 3.63) is 117 Å². The van der Waals surface area contributed by atoms with Crippen LogP contribution in [0.4, 0.5) is 65.9 Å². The molecule has 0 amide bonds. The van der Waals surface area contributed by atoms with Crippen LogP contribution in [0.2, 0.25) is 5.25 Å². The SMILES string of the molecule is Fc1c(F)c(F)[c]([Ge]([CH2]Cc2ccccn2)([c]2c(F)c(F)c(F)c(F)c2F)[c]2c(F)c(F)c(F)c(F)c2F)c(F)c1F. The van der Waals surface area contributed by atoms with Crippen LogP contribution in [0.3, 0.4) is 0 Å². The van der Waals surface area contributed by atoms with Crippen molar-refractivity contribution in [1.82, 2.24) is 4.98 Å². The van der Waals surface area contributed by atoms with Gasteiger partial charge in [-0.2, -0.15) is 0 Å². The van der Waals surface area contributed by atoms with Crippen molar-refractivity contribution in [3.8, 4) is 0 Å². The van der Waals surface area contributed by atoms with Gasteiger partial charge in [0.15, 0.2) is 0 Å². The molecule has 4 aromatic rings. The molecule has 0 fully saturated rings. The first-order valence-corrected chi connectivity index (χ1v) is 15.7. The molecule has 0 saturated heterocycles. The maximum absolute atomic E-state index is 15.4. The predicted octanol–water partition coefficient (Wildman–Crippen LogP) is 5.88. The fourth-order valence-electron chi connectivity index (χ4n) is 4.55. The average Bonchev–Trinajstić information content (AvgIpc) is 2.98. The molecule has 0 N–H and O–H groups in total. The minimum atomic E-state index is -7.68. The van der Waals surface area contributed by atoms with Crippen LogP contribution < -0.4 is 13.2 Å². The Morgan fingerprint density at radius 1 is 0.405 bits per heavy atom. The molecule has 3 aromatic carbocycles. The van der Waals surface area contributed by atoms with Crippen LogP contribution in [0.5, 0.6) is 0 Å². The normalized spacial score (nSPS) is 11.9. The van der Waals surface area contributed by atoms with Gasteiger partial charge in [0, 0.05) is 0 Å². The number of hydrogen-bond acceptors (Lipinski definition) is 1. The summed E-state index contributed by atoms with van der Waals surface area (Å²) < 4.78 is 213. The number of halogens is 15. The van der Waals surface area contributed by atoms with Gasteiger partial charge in [-0.25, -0.2) is 0 Å². The topological polar surface area (TPSA) is 12.9 Å². The molecule has 0 atom stereocenters. The molecular weight excluding hydrogens is 672 g/mol. The van der Waals surface area contributed by atoms with Crippen molar-refractivity contribution in [2.24, 2.45) is 0 Å². The van der Waals surface area contributed by atoms with Gasteiger partial charge in [-0.1, -0.05) is 0 Å². The van der Waals surface area contributed by atoms with Gasteiger partial charge in [0.2, 0.25) is 0 Å². The Balaban J connectivity index is 2.39. The average molecular weight is 680 g/mol. The summed E-state index contributed by atoms with van der Waals surface area (Å²) in [5, 5.41) is -1.66. The second-order valence-corrected chi connectivity index (χ2v) is 16.6. The maximum atomic E-state index is 15.4. The zero-order valence-electron chi connectivity index (χ0n) is 19.8. The van der Waals surface area contributed by atoms with Crippen LogP contribution >= 0.6 is 0 Å². The second kappa shape index (κ2) is 11.2. The van der Waals surface area contributed by atoms with Crippen molar-refractivity contribution in [1.29, 1.82) is 0 Å². The van der Waals surface area contributed by atoms with Crippen LogP contribution in [0.15, 0.2) is 24.4 Å².